The largest absolute Gasteiger partial charge is 0.326 e. The van der Waals surface area contributed by atoms with Gasteiger partial charge in [0.1, 0.15) is 0 Å². The third-order valence-electron chi connectivity index (χ3n) is 1.72. The molecule has 0 fully saturated rings. The molecule has 0 aromatic carbocycles. The third-order valence-corrected chi connectivity index (χ3v) is 1.72. The molecule has 0 saturated heterocycles. The molecule has 0 unspecified atom stereocenters. The summed E-state index contributed by atoms with van der Waals surface area (Å²) < 4.78 is 1.96. The molecule has 0 spiro atoms. The molecule has 1 heterocycles. The first-order valence-electron chi connectivity index (χ1n) is 4.01. The highest BCUT2D eigenvalue weighted by Gasteiger charge is 2.00. The molecule has 0 amide bonds. The Morgan fingerprint density at radius 2 is 2.36 bits per heavy atom. The first kappa shape index (κ1) is 8.27. The van der Waals surface area contributed by atoms with Gasteiger partial charge < -0.3 is 5.73 Å². The van der Waals surface area contributed by atoms with Crippen LogP contribution in [0.1, 0.15) is 24.6 Å². The van der Waals surface area contributed by atoms with Gasteiger partial charge in [0.2, 0.25) is 0 Å². The Morgan fingerprint density at radius 3 is 2.82 bits per heavy atom. The average Bonchev–Trinajstić information content (AvgIpc) is 2.32. The van der Waals surface area contributed by atoms with Gasteiger partial charge in [0, 0.05) is 24.8 Å². The summed E-state index contributed by atoms with van der Waals surface area (Å²) >= 11 is 0. The average molecular weight is 153 g/mol. The molecule has 0 atom stereocenters. The summed E-state index contributed by atoms with van der Waals surface area (Å²) in [6.45, 7) is 5.71. The summed E-state index contributed by atoms with van der Waals surface area (Å²) in [4.78, 5) is 0. The molecule has 3 nitrogen and oxygen atoms in total. The zero-order valence-corrected chi connectivity index (χ0v) is 7.17. The van der Waals surface area contributed by atoms with Crippen LogP contribution in [0.5, 0.6) is 0 Å². The highest BCUT2D eigenvalue weighted by Crippen LogP contribution is 2.04. The Labute approximate surface area is 67.2 Å². The number of aryl methyl sites for hydroxylation is 2. The first-order valence-corrected chi connectivity index (χ1v) is 4.01. The van der Waals surface area contributed by atoms with E-state index in [9.17, 15) is 0 Å². The van der Waals surface area contributed by atoms with Crippen molar-refractivity contribution in [1.29, 1.82) is 0 Å². The molecule has 0 saturated carbocycles. The molecule has 11 heavy (non-hydrogen) atoms. The molecule has 1 aromatic rings. The molecule has 2 N–H and O–H groups in total. The lowest BCUT2D eigenvalue weighted by molar-refractivity contribution is 0.598. The fourth-order valence-corrected chi connectivity index (χ4v) is 1.10. The zero-order valence-electron chi connectivity index (χ0n) is 7.17. The lowest BCUT2D eigenvalue weighted by Crippen LogP contribution is -1.97. The van der Waals surface area contributed by atoms with Crippen molar-refractivity contribution in [2.45, 2.75) is 33.4 Å². The van der Waals surface area contributed by atoms with Crippen LogP contribution in [-0.4, -0.2) is 9.78 Å². The zero-order chi connectivity index (χ0) is 8.27. The molecule has 1 aromatic heterocycles. The van der Waals surface area contributed by atoms with Gasteiger partial charge in [0.25, 0.3) is 0 Å². The van der Waals surface area contributed by atoms with Gasteiger partial charge in [-0.15, -0.1) is 0 Å². The van der Waals surface area contributed by atoms with Crippen molar-refractivity contribution in [3.8, 4) is 0 Å². The van der Waals surface area contributed by atoms with Crippen LogP contribution in [0, 0.1) is 6.92 Å². The van der Waals surface area contributed by atoms with Crippen molar-refractivity contribution < 1.29 is 0 Å². The topological polar surface area (TPSA) is 43.8 Å². The standard InChI is InChI=1S/C8H15N3/c1-3-4-11-6-8(5-9)7(2)10-11/h6H,3-5,9H2,1-2H3. The molecule has 0 radical (unpaired) electrons. The van der Waals surface area contributed by atoms with Crippen LogP contribution in [0.15, 0.2) is 6.20 Å². The second-order valence-corrected chi connectivity index (χ2v) is 2.71. The van der Waals surface area contributed by atoms with Crippen molar-refractivity contribution in [1.82, 2.24) is 9.78 Å². The Hall–Kier alpha value is -0.830. The maximum atomic E-state index is 5.51. The molecule has 3 heteroatoms. The smallest absolute Gasteiger partial charge is 0.0638 e. The number of nitrogens with two attached hydrogens (primary N) is 1. The van der Waals surface area contributed by atoms with Crippen molar-refractivity contribution in [2.24, 2.45) is 5.73 Å². The minimum atomic E-state index is 0.593. The number of rotatable bonds is 3. The lowest BCUT2D eigenvalue weighted by atomic mass is 10.3. The Morgan fingerprint density at radius 1 is 1.64 bits per heavy atom. The highest BCUT2D eigenvalue weighted by atomic mass is 15.3. The van der Waals surface area contributed by atoms with Crippen LogP contribution in [0.4, 0.5) is 0 Å². The Balaban J connectivity index is 2.77. The van der Waals surface area contributed by atoms with Gasteiger partial charge >= 0.3 is 0 Å². The van der Waals surface area contributed by atoms with E-state index < -0.39 is 0 Å². The van der Waals surface area contributed by atoms with Crippen LogP contribution in [0.2, 0.25) is 0 Å². The van der Waals surface area contributed by atoms with Crippen molar-refractivity contribution in [3.05, 3.63) is 17.5 Å². The van der Waals surface area contributed by atoms with Gasteiger partial charge in [-0.25, -0.2) is 0 Å². The molecule has 0 aliphatic carbocycles. The summed E-state index contributed by atoms with van der Waals surface area (Å²) in [5.74, 6) is 0. The summed E-state index contributed by atoms with van der Waals surface area (Å²) in [5, 5.41) is 4.31. The minimum Gasteiger partial charge on any atom is -0.326 e. The fourth-order valence-electron chi connectivity index (χ4n) is 1.10. The van der Waals surface area contributed by atoms with Crippen LogP contribution in [0.3, 0.4) is 0 Å². The number of nitrogens with zero attached hydrogens (tertiary/aromatic N) is 2. The van der Waals surface area contributed by atoms with Gasteiger partial charge in [-0.3, -0.25) is 4.68 Å². The molecule has 1 rings (SSSR count). The summed E-state index contributed by atoms with van der Waals surface area (Å²) in [7, 11) is 0. The molecule has 0 aliphatic rings. The number of aromatic nitrogens is 2. The molecular formula is C8H15N3. The van der Waals surface area contributed by atoms with Gasteiger partial charge in [0.05, 0.1) is 5.69 Å². The summed E-state index contributed by atoms with van der Waals surface area (Å²) in [6, 6.07) is 0. The number of hydrogen-bond acceptors (Lipinski definition) is 2. The Kier molecular flexibility index (Phi) is 2.65. The maximum Gasteiger partial charge on any atom is 0.0638 e. The third kappa shape index (κ3) is 1.80. The second kappa shape index (κ2) is 3.53. The maximum absolute atomic E-state index is 5.51. The fraction of sp³-hybridized carbons (Fsp3) is 0.625. The molecule has 62 valence electrons. The van der Waals surface area contributed by atoms with Crippen LogP contribution in [-0.2, 0) is 13.1 Å². The van der Waals surface area contributed by atoms with E-state index >= 15 is 0 Å². The van der Waals surface area contributed by atoms with Crippen molar-refractivity contribution in [3.63, 3.8) is 0 Å². The van der Waals surface area contributed by atoms with E-state index in [-0.39, 0.29) is 0 Å². The Bertz CT molecular complexity index is 227. The van der Waals surface area contributed by atoms with E-state index in [2.05, 4.69) is 12.0 Å². The van der Waals surface area contributed by atoms with Crippen LogP contribution < -0.4 is 5.73 Å². The van der Waals surface area contributed by atoms with Gasteiger partial charge in [-0.1, -0.05) is 6.92 Å². The van der Waals surface area contributed by atoms with Crippen LogP contribution in [0.25, 0.3) is 0 Å². The number of hydrogen-bond donors (Lipinski definition) is 1. The van der Waals surface area contributed by atoms with E-state index in [0.29, 0.717) is 6.54 Å². The normalized spacial score (nSPS) is 10.5. The highest BCUT2D eigenvalue weighted by molar-refractivity contribution is 5.14. The summed E-state index contributed by atoms with van der Waals surface area (Å²) in [5.41, 5.74) is 7.71. The van der Waals surface area contributed by atoms with E-state index in [4.69, 9.17) is 5.73 Å². The summed E-state index contributed by atoms with van der Waals surface area (Å²) in [6.07, 6.45) is 3.14. The SMILES string of the molecule is CCCn1cc(CN)c(C)n1. The molecular weight excluding hydrogens is 138 g/mol. The monoisotopic (exact) mass is 153 g/mol. The van der Waals surface area contributed by atoms with E-state index in [1.54, 1.807) is 0 Å². The van der Waals surface area contributed by atoms with Crippen molar-refractivity contribution >= 4 is 0 Å². The lowest BCUT2D eigenvalue weighted by Gasteiger charge is -1.94. The van der Waals surface area contributed by atoms with Gasteiger partial charge in [-0.05, 0) is 13.3 Å². The van der Waals surface area contributed by atoms with E-state index in [1.807, 2.05) is 17.8 Å². The molecule has 0 aliphatic heterocycles. The first-order chi connectivity index (χ1) is 5.27. The minimum absolute atomic E-state index is 0.593. The van der Waals surface area contributed by atoms with E-state index in [1.165, 1.54) is 0 Å². The predicted molar refractivity (Wildman–Crippen MR) is 45.1 cm³/mol. The van der Waals surface area contributed by atoms with Gasteiger partial charge in [-0.2, -0.15) is 5.10 Å². The predicted octanol–water partition coefficient (Wildman–Crippen LogP) is 1.06. The quantitative estimate of drug-likeness (QED) is 0.705. The molecule has 0 bridgehead atoms. The van der Waals surface area contributed by atoms with Crippen LogP contribution >= 0.6 is 0 Å². The van der Waals surface area contributed by atoms with Gasteiger partial charge in [0.15, 0.2) is 0 Å². The second-order valence-electron chi connectivity index (χ2n) is 2.71. The van der Waals surface area contributed by atoms with Crippen molar-refractivity contribution in [2.75, 3.05) is 0 Å². The van der Waals surface area contributed by atoms with E-state index in [0.717, 1.165) is 24.2 Å².